The summed E-state index contributed by atoms with van der Waals surface area (Å²) < 4.78 is 1.08. The Labute approximate surface area is 142 Å². The molecule has 1 atom stereocenters. The zero-order valence-electron chi connectivity index (χ0n) is 11.2. The molecule has 3 aromatic carbocycles. The second-order valence-corrected chi connectivity index (χ2v) is 6.83. The van der Waals surface area contributed by atoms with Gasteiger partial charge in [-0.3, -0.25) is 0 Å². The molecule has 21 heavy (non-hydrogen) atoms. The number of hydrogen-bond donors (Lipinski definition) is 0. The van der Waals surface area contributed by atoms with Crippen LogP contribution in [0.2, 0.25) is 5.02 Å². The molecule has 3 aromatic rings. The molecule has 0 amide bonds. The van der Waals surface area contributed by atoms with Crippen molar-refractivity contribution in [2.45, 2.75) is 11.8 Å². The van der Waals surface area contributed by atoms with Crippen LogP contribution in [-0.2, 0) is 6.42 Å². The summed E-state index contributed by atoms with van der Waals surface area (Å²) in [6.45, 7) is 0. The van der Waals surface area contributed by atoms with Crippen molar-refractivity contribution in [2.75, 3.05) is 0 Å². The minimum Gasteiger partial charge on any atom is -0.117 e. The van der Waals surface area contributed by atoms with E-state index in [9.17, 15) is 0 Å². The van der Waals surface area contributed by atoms with Crippen LogP contribution in [0.15, 0.2) is 65.1 Å². The van der Waals surface area contributed by atoms with Gasteiger partial charge in [0.2, 0.25) is 0 Å². The van der Waals surface area contributed by atoms with Crippen molar-refractivity contribution in [3.63, 3.8) is 0 Å². The average Bonchev–Trinajstić information content (AvgIpc) is 2.50. The summed E-state index contributed by atoms with van der Waals surface area (Å²) in [5, 5.41) is 2.87. The van der Waals surface area contributed by atoms with E-state index in [-0.39, 0.29) is 5.38 Å². The van der Waals surface area contributed by atoms with Crippen LogP contribution in [-0.4, -0.2) is 0 Å². The monoisotopic (exact) mass is 378 g/mol. The smallest absolute Gasteiger partial charge is 0.0631 e. The first-order valence-electron chi connectivity index (χ1n) is 6.71. The molecule has 0 N–H and O–H groups in total. The second-order valence-electron chi connectivity index (χ2n) is 4.98. The molecule has 0 radical (unpaired) electrons. The molecular weight excluding hydrogens is 367 g/mol. The SMILES string of the molecule is Clc1ccc(C(Cl)Cc2ccc(Br)cc2)c2ccccc12. The molecule has 0 heterocycles. The van der Waals surface area contributed by atoms with Crippen molar-refractivity contribution in [3.8, 4) is 0 Å². The predicted molar refractivity (Wildman–Crippen MR) is 95.4 cm³/mol. The molecule has 0 aliphatic rings. The molecule has 1 unspecified atom stereocenters. The molecule has 3 heteroatoms. The highest BCUT2D eigenvalue weighted by Crippen LogP contribution is 2.34. The van der Waals surface area contributed by atoms with Crippen LogP contribution < -0.4 is 0 Å². The third-order valence-electron chi connectivity index (χ3n) is 3.57. The van der Waals surface area contributed by atoms with Gasteiger partial charge >= 0.3 is 0 Å². The summed E-state index contributed by atoms with van der Waals surface area (Å²) in [4.78, 5) is 0. The zero-order valence-corrected chi connectivity index (χ0v) is 14.3. The maximum absolute atomic E-state index is 6.66. The lowest BCUT2D eigenvalue weighted by molar-refractivity contribution is 0.928. The van der Waals surface area contributed by atoms with E-state index in [1.165, 1.54) is 5.56 Å². The largest absolute Gasteiger partial charge is 0.117 e. The Balaban J connectivity index is 1.96. The van der Waals surface area contributed by atoms with Crippen LogP contribution in [0, 0.1) is 0 Å². The Kier molecular flexibility index (Phi) is 4.54. The van der Waals surface area contributed by atoms with Gasteiger partial charge in [-0.15, -0.1) is 11.6 Å². The molecule has 0 saturated carbocycles. The fourth-order valence-corrected chi connectivity index (χ4v) is 3.36. The quantitative estimate of drug-likeness (QED) is 0.440. The van der Waals surface area contributed by atoms with Crippen LogP contribution in [0.3, 0.4) is 0 Å². The standard InChI is InChI=1S/C18H13BrCl2/c19-13-7-5-12(6-8-13)11-18(21)16-9-10-17(20)15-4-2-1-3-14(15)16/h1-10,18H,11H2. The Morgan fingerprint density at radius 1 is 0.857 bits per heavy atom. The van der Waals surface area contributed by atoms with Crippen LogP contribution in [0.5, 0.6) is 0 Å². The Hall–Kier alpha value is -1.02. The van der Waals surface area contributed by atoms with Gasteiger partial charge in [-0.05, 0) is 41.1 Å². The van der Waals surface area contributed by atoms with Gasteiger partial charge in [-0.2, -0.15) is 0 Å². The summed E-state index contributed by atoms with van der Waals surface area (Å²) in [5.74, 6) is 0. The molecule has 0 aliphatic heterocycles. The molecular formula is C18H13BrCl2. The molecule has 0 fully saturated rings. The van der Waals surface area contributed by atoms with Crippen molar-refractivity contribution >= 4 is 49.9 Å². The van der Waals surface area contributed by atoms with E-state index in [1.54, 1.807) is 0 Å². The van der Waals surface area contributed by atoms with E-state index in [0.29, 0.717) is 0 Å². The molecule has 0 aliphatic carbocycles. The highest BCUT2D eigenvalue weighted by atomic mass is 79.9. The van der Waals surface area contributed by atoms with E-state index >= 15 is 0 Å². The molecule has 0 nitrogen and oxygen atoms in total. The van der Waals surface area contributed by atoms with Gasteiger partial charge in [0.05, 0.1) is 5.38 Å². The molecule has 106 valence electrons. The van der Waals surface area contributed by atoms with E-state index in [0.717, 1.165) is 32.3 Å². The number of alkyl halides is 1. The number of hydrogen-bond acceptors (Lipinski definition) is 0. The topological polar surface area (TPSA) is 0 Å². The van der Waals surface area contributed by atoms with Crippen molar-refractivity contribution in [3.05, 3.63) is 81.3 Å². The minimum atomic E-state index is -0.0756. The lowest BCUT2D eigenvalue weighted by atomic mass is 9.98. The molecule has 0 spiro atoms. The maximum Gasteiger partial charge on any atom is 0.0631 e. The van der Waals surface area contributed by atoms with E-state index in [4.69, 9.17) is 23.2 Å². The van der Waals surface area contributed by atoms with Crippen LogP contribution in [0.25, 0.3) is 10.8 Å². The summed E-state index contributed by atoms with van der Waals surface area (Å²) in [5.41, 5.74) is 2.34. The highest BCUT2D eigenvalue weighted by molar-refractivity contribution is 9.10. The van der Waals surface area contributed by atoms with E-state index in [2.05, 4.69) is 34.1 Å². The fourth-order valence-electron chi connectivity index (χ4n) is 2.50. The number of fused-ring (bicyclic) bond motifs is 1. The molecule has 0 bridgehead atoms. The van der Waals surface area contributed by atoms with E-state index < -0.39 is 0 Å². The number of rotatable bonds is 3. The van der Waals surface area contributed by atoms with Gasteiger partial charge < -0.3 is 0 Å². The van der Waals surface area contributed by atoms with Gasteiger partial charge in [-0.25, -0.2) is 0 Å². The zero-order chi connectivity index (χ0) is 14.8. The van der Waals surface area contributed by atoms with Crippen LogP contribution in [0.4, 0.5) is 0 Å². The van der Waals surface area contributed by atoms with Crippen molar-refractivity contribution in [1.29, 1.82) is 0 Å². The van der Waals surface area contributed by atoms with Crippen molar-refractivity contribution in [1.82, 2.24) is 0 Å². The van der Waals surface area contributed by atoms with Gasteiger partial charge in [0.25, 0.3) is 0 Å². The number of benzene rings is 3. The van der Waals surface area contributed by atoms with Crippen molar-refractivity contribution < 1.29 is 0 Å². The van der Waals surface area contributed by atoms with Crippen LogP contribution in [0.1, 0.15) is 16.5 Å². The Morgan fingerprint density at radius 3 is 2.24 bits per heavy atom. The van der Waals surface area contributed by atoms with Crippen molar-refractivity contribution in [2.24, 2.45) is 0 Å². The maximum atomic E-state index is 6.66. The lowest BCUT2D eigenvalue weighted by Gasteiger charge is -2.14. The van der Waals surface area contributed by atoms with Gasteiger partial charge in [0.1, 0.15) is 0 Å². The average molecular weight is 380 g/mol. The Bertz CT molecular complexity index is 766. The molecule has 0 aromatic heterocycles. The Morgan fingerprint density at radius 2 is 1.52 bits per heavy atom. The third-order valence-corrected chi connectivity index (χ3v) is 4.82. The predicted octanol–water partition coefficient (Wildman–Crippen LogP) is 6.78. The normalized spacial score (nSPS) is 12.5. The van der Waals surface area contributed by atoms with Gasteiger partial charge in [0.15, 0.2) is 0 Å². The first-order valence-corrected chi connectivity index (χ1v) is 8.31. The van der Waals surface area contributed by atoms with Crippen LogP contribution >= 0.6 is 39.1 Å². The van der Waals surface area contributed by atoms with E-state index in [1.807, 2.05) is 42.5 Å². The molecule has 3 rings (SSSR count). The summed E-state index contributed by atoms with van der Waals surface area (Å²) >= 11 is 16.4. The second kappa shape index (κ2) is 6.39. The minimum absolute atomic E-state index is 0.0756. The first-order chi connectivity index (χ1) is 10.1. The first kappa shape index (κ1) is 14.9. The number of halogens is 3. The van der Waals surface area contributed by atoms with Gasteiger partial charge in [-0.1, -0.05) is 70.0 Å². The lowest BCUT2D eigenvalue weighted by Crippen LogP contribution is -1.97. The highest BCUT2D eigenvalue weighted by Gasteiger charge is 2.13. The molecule has 0 saturated heterocycles. The third kappa shape index (κ3) is 3.26. The van der Waals surface area contributed by atoms with Gasteiger partial charge in [0, 0.05) is 14.9 Å². The fraction of sp³-hybridized carbons (Fsp3) is 0.111. The summed E-state index contributed by atoms with van der Waals surface area (Å²) in [7, 11) is 0. The summed E-state index contributed by atoms with van der Waals surface area (Å²) in [6.07, 6.45) is 0.792. The summed E-state index contributed by atoms with van der Waals surface area (Å²) in [6, 6.07) is 20.4.